The van der Waals surface area contributed by atoms with Gasteiger partial charge in [0.25, 0.3) is 40.5 Å². The van der Waals surface area contributed by atoms with Crippen LogP contribution in [-0.2, 0) is 76.2 Å². The van der Waals surface area contributed by atoms with Gasteiger partial charge in [-0.25, -0.2) is 0 Å². The molecular formula is C28H28F6N2O16S4. The largest absolute Gasteiger partial charge is 0.413 e. The van der Waals surface area contributed by atoms with Gasteiger partial charge in [-0.1, -0.05) is 0 Å². The second-order valence-corrected chi connectivity index (χ2v) is 22.6. The zero-order valence-electron chi connectivity index (χ0n) is 27.8. The van der Waals surface area contributed by atoms with Crippen molar-refractivity contribution in [3.63, 3.8) is 0 Å². The number of ether oxygens (including phenoxy) is 4. The van der Waals surface area contributed by atoms with Crippen LogP contribution in [0.1, 0.15) is 38.5 Å². The van der Waals surface area contributed by atoms with Gasteiger partial charge >= 0.3 is 12.4 Å². The summed E-state index contributed by atoms with van der Waals surface area (Å²) in [7, 11) is -16.0. The lowest BCUT2D eigenvalue weighted by molar-refractivity contribution is -0.184. The van der Waals surface area contributed by atoms with Crippen molar-refractivity contribution < 1.29 is 95.7 Å². The smallest absolute Gasteiger partial charge is 0.370 e. The van der Waals surface area contributed by atoms with Crippen molar-refractivity contribution in [3.05, 3.63) is 0 Å². The van der Waals surface area contributed by atoms with Gasteiger partial charge in [-0.3, -0.25) is 16.7 Å². The summed E-state index contributed by atoms with van der Waals surface area (Å²) in [5.74, 6) is -2.46. The van der Waals surface area contributed by atoms with Gasteiger partial charge in [-0.2, -0.15) is 70.5 Å². The minimum atomic E-state index is -4.83. The molecule has 12 fully saturated rings. The molecule has 18 nitrogen and oxygen atoms in total. The van der Waals surface area contributed by atoms with E-state index in [1.807, 2.05) is 12.1 Å². The highest BCUT2D eigenvalue weighted by Crippen LogP contribution is 2.60. The fourth-order valence-electron chi connectivity index (χ4n) is 10.4. The molecule has 56 heavy (non-hydrogen) atoms. The Balaban J connectivity index is 0.0000000977. The van der Waals surface area contributed by atoms with Gasteiger partial charge in [0.1, 0.15) is 65.2 Å². The molecule has 0 aromatic rings. The molecule has 12 aliphatic heterocycles. The number of hydrogen-bond donors (Lipinski definition) is 0. The van der Waals surface area contributed by atoms with Gasteiger partial charge in [0.05, 0.1) is 42.5 Å². The molecule has 312 valence electrons. The highest BCUT2D eigenvalue weighted by Gasteiger charge is 2.82. The first kappa shape index (κ1) is 39.5. The van der Waals surface area contributed by atoms with E-state index in [0.717, 1.165) is 0 Å². The van der Waals surface area contributed by atoms with Crippen molar-refractivity contribution >= 4 is 40.5 Å². The average molecular weight is 891 g/mol. The average Bonchev–Trinajstić information content (AvgIpc) is 3.91. The van der Waals surface area contributed by atoms with E-state index in [1.54, 1.807) is 0 Å². The van der Waals surface area contributed by atoms with Gasteiger partial charge in [-0.15, -0.1) is 0 Å². The molecule has 0 aromatic heterocycles. The van der Waals surface area contributed by atoms with Crippen molar-refractivity contribution in [1.82, 2.24) is 0 Å². The van der Waals surface area contributed by atoms with Crippen molar-refractivity contribution in [2.45, 2.75) is 144 Å². The zero-order chi connectivity index (χ0) is 40.6. The van der Waals surface area contributed by atoms with Crippen LogP contribution >= 0.6 is 0 Å². The molecule has 12 saturated heterocycles. The molecule has 12 heterocycles. The molecule has 8 bridgehead atoms. The predicted octanol–water partition coefficient (Wildman–Crippen LogP) is -0.0564. The maximum Gasteiger partial charge on any atom is 0.413 e. The topological polar surface area (TPSA) is 258 Å². The van der Waals surface area contributed by atoms with Crippen LogP contribution in [0.25, 0.3) is 0 Å². The molecule has 0 N–H and O–H groups in total. The third-order valence-electron chi connectivity index (χ3n) is 12.6. The van der Waals surface area contributed by atoms with E-state index in [2.05, 4.69) is 8.37 Å². The Morgan fingerprint density at radius 3 is 1.61 bits per heavy atom. The van der Waals surface area contributed by atoms with Crippen LogP contribution in [0.3, 0.4) is 0 Å². The van der Waals surface area contributed by atoms with E-state index in [4.69, 9.17) is 37.8 Å². The number of rotatable bonds is 0. The summed E-state index contributed by atoms with van der Waals surface area (Å²) in [5.41, 5.74) is 0. The van der Waals surface area contributed by atoms with Crippen LogP contribution in [-0.4, -0.2) is 139 Å². The Hall–Kier alpha value is -1.96. The molecule has 0 spiro atoms. The lowest BCUT2D eigenvalue weighted by Crippen LogP contribution is -2.55. The zero-order valence-corrected chi connectivity index (χ0v) is 31.1. The van der Waals surface area contributed by atoms with Gasteiger partial charge in [-0.05, 0) is 0 Å². The monoisotopic (exact) mass is 890 g/mol. The van der Waals surface area contributed by atoms with Gasteiger partial charge in [0.15, 0.2) is 0 Å². The second kappa shape index (κ2) is 11.9. The predicted molar refractivity (Wildman–Crippen MR) is 161 cm³/mol. The molecular weight excluding hydrogens is 863 g/mol. The van der Waals surface area contributed by atoms with Gasteiger partial charge < -0.3 is 18.9 Å². The first-order valence-electron chi connectivity index (χ1n) is 17.1. The van der Waals surface area contributed by atoms with Gasteiger partial charge in [0.2, 0.25) is 9.49 Å². The molecule has 28 heteroatoms. The van der Waals surface area contributed by atoms with Crippen molar-refractivity contribution in [3.8, 4) is 12.1 Å². The molecule has 0 saturated carbocycles. The molecule has 12 aliphatic rings. The van der Waals surface area contributed by atoms with E-state index in [9.17, 15) is 60.0 Å². The quantitative estimate of drug-likeness (QED) is 0.228. The molecule has 18 atom stereocenters. The molecule has 0 amide bonds. The Labute approximate surface area is 314 Å². The number of alkyl halides is 6. The van der Waals surface area contributed by atoms with Crippen molar-refractivity contribution in [1.29, 1.82) is 10.5 Å². The molecule has 18 unspecified atom stereocenters. The lowest BCUT2D eigenvalue weighted by Gasteiger charge is -2.28. The van der Waals surface area contributed by atoms with Crippen LogP contribution in [0.4, 0.5) is 26.3 Å². The Morgan fingerprint density at radius 2 is 1.09 bits per heavy atom. The van der Waals surface area contributed by atoms with Crippen LogP contribution < -0.4 is 0 Å². The first-order valence-corrected chi connectivity index (χ1v) is 22.8. The maximum atomic E-state index is 12.9. The van der Waals surface area contributed by atoms with E-state index >= 15 is 0 Å². The van der Waals surface area contributed by atoms with Crippen LogP contribution in [0.15, 0.2) is 0 Å². The highest BCUT2D eigenvalue weighted by atomic mass is 32.2. The fraction of sp³-hybridized carbons (Fsp3) is 0.929. The molecule has 12 rings (SSSR count). The first-order chi connectivity index (χ1) is 25.8. The third-order valence-corrected chi connectivity index (χ3v) is 20.0. The Morgan fingerprint density at radius 1 is 0.571 bits per heavy atom. The highest BCUT2D eigenvalue weighted by molar-refractivity contribution is 7.89. The summed E-state index contributed by atoms with van der Waals surface area (Å²) in [6, 6.07) is 3.85. The van der Waals surface area contributed by atoms with Crippen LogP contribution in [0, 0.1) is 34.5 Å². The molecule has 0 aromatic carbocycles. The summed E-state index contributed by atoms with van der Waals surface area (Å²) in [6.07, 6.45) is -15.9. The van der Waals surface area contributed by atoms with Gasteiger partial charge in [0, 0.05) is 38.5 Å². The van der Waals surface area contributed by atoms with E-state index in [-0.39, 0.29) is 43.7 Å². The van der Waals surface area contributed by atoms with Crippen LogP contribution in [0.5, 0.6) is 0 Å². The molecule has 0 aliphatic carbocycles. The minimum Gasteiger partial charge on any atom is -0.370 e. The summed E-state index contributed by atoms with van der Waals surface area (Å²) in [6.45, 7) is 0. The molecule has 0 radical (unpaired) electrons. The number of fused-ring (bicyclic) bond motifs is 4. The normalized spacial score (nSPS) is 53.1. The van der Waals surface area contributed by atoms with E-state index < -0.39 is 140 Å². The second-order valence-electron chi connectivity index (χ2n) is 15.5. The maximum absolute atomic E-state index is 12.9. The Kier molecular flexibility index (Phi) is 8.37. The van der Waals surface area contributed by atoms with Crippen molar-refractivity contribution in [2.75, 3.05) is 0 Å². The summed E-state index contributed by atoms with van der Waals surface area (Å²) in [5, 5.41) is 15.4. The number of halogens is 6. The van der Waals surface area contributed by atoms with E-state index in [1.165, 1.54) is 0 Å². The van der Waals surface area contributed by atoms with Crippen molar-refractivity contribution in [2.24, 2.45) is 11.8 Å². The summed E-state index contributed by atoms with van der Waals surface area (Å²) >= 11 is 0. The summed E-state index contributed by atoms with van der Waals surface area (Å²) in [4.78, 5) is 0. The minimum absolute atomic E-state index is 0.0184. The summed E-state index contributed by atoms with van der Waals surface area (Å²) < 4.78 is 203. The van der Waals surface area contributed by atoms with Crippen LogP contribution in [0.2, 0.25) is 0 Å². The van der Waals surface area contributed by atoms with E-state index in [0.29, 0.717) is 12.8 Å². The Bertz CT molecular complexity index is 2260. The third kappa shape index (κ3) is 5.16. The number of nitrogens with zero attached hydrogens (tertiary/aromatic N) is 2. The number of hydrogen-bond acceptors (Lipinski definition) is 18. The standard InChI is InChI=1S/2C7H7F3O4S.2C7H7NO4S/c8-7(9,10)6-2-3-1-4(5(6)13-3)14-15(6,11)12;8-7(9,10)4-2-1-3-5(13-2)6(4)15(11,12)14-3;8-3-7-2-4-1-5(6(7)11-4)12-13(7,9)10;8-2-3-4-1-5-6(11-4)7(3)13(9,10)12-5/h3-5H,1-2H2;2-6H,1H2;4-6H,1-2H2;3-7H,1H2. The fourth-order valence-corrected chi connectivity index (χ4v) is 17.7. The number of nitriles is 2. The SMILES string of the molecule is N#CC12CC3CC(OS1(=O)=O)C2O3.N#CC1C2CC3OS(=O)(=O)C1C3O2.O=S1(=O)OC2CC3CC1(C(F)(F)F)C2O3.O=S1(=O)OC2CC3OC2C1C3C(F)(F)F. The lowest BCUT2D eigenvalue weighted by atomic mass is 9.86.